The summed E-state index contributed by atoms with van der Waals surface area (Å²) in [7, 11) is 5.20. The maximum atomic E-state index is 13.5. The number of nitrogens with zero attached hydrogens (tertiary/aromatic N) is 1. The van der Waals surface area contributed by atoms with Crippen LogP contribution in [0.25, 0.3) is 11.1 Å². The van der Waals surface area contributed by atoms with Gasteiger partial charge in [-0.1, -0.05) is 36.4 Å². The van der Waals surface area contributed by atoms with Crippen molar-refractivity contribution in [2.45, 2.75) is 37.1 Å². The Morgan fingerprint density at radius 3 is 2.50 bits per heavy atom. The summed E-state index contributed by atoms with van der Waals surface area (Å²) in [5.41, 5.74) is 7.46. The van der Waals surface area contributed by atoms with E-state index in [1.807, 2.05) is 12.1 Å². The van der Waals surface area contributed by atoms with Crippen molar-refractivity contribution < 1.29 is 19.0 Å². The Morgan fingerprint density at radius 2 is 1.70 bits per heavy atom. The minimum Gasteiger partial charge on any atom is -0.497 e. The van der Waals surface area contributed by atoms with Crippen LogP contribution in [0.1, 0.15) is 47.1 Å². The maximum absolute atomic E-state index is 13.5. The molecule has 0 radical (unpaired) electrons. The molecule has 4 atom stereocenters. The Bertz CT molecular complexity index is 1570. The number of allylic oxidation sites excluding steroid dienone is 2. The van der Waals surface area contributed by atoms with E-state index in [9.17, 15) is 4.79 Å². The molecule has 0 amide bonds. The van der Waals surface area contributed by atoms with Crippen molar-refractivity contribution in [3.63, 3.8) is 0 Å². The molecule has 1 unspecified atom stereocenters. The van der Waals surface area contributed by atoms with E-state index in [1.54, 1.807) is 21.3 Å². The molecule has 3 aromatic rings. The van der Waals surface area contributed by atoms with Crippen molar-refractivity contribution in [2.75, 3.05) is 34.4 Å². The van der Waals surface area contributed by atoms with E-state index in [0.717, 1.165) is 66.3 Å². The first-order valence-corrected chi connectivity index (χ1v) is 14.2. The summed E-state index contributed by atoms with van der Waals surface area (Å²) in [6.07, 6.45) is 8.16. The number of fused-ring (bicyclic) bond motifs is 6. The van der Waals surface area contributed by atoms with Gasteiger partial charge < -0.3 is 14.2 Å². The minimum absolute atomic E-state index is 0.217. The first-order chi connectivity index (χ1) is 19.5. The number of benzene rings is 3. The molecule has 3 aliphatic heterocycles. The summed E-state index contributed by atoms with van der Waals surface area (Å²) < 4.78 is 17.5. The van der Waals surface area contributed by atoms with Gasteiger partial charge in [0, 0.05) is 30.1 Å². The number of Topliss-reactive ketones (excluding diaryl/α,β-unsaturated/α-hetero) is 1. The number of hydrogen-bond donors (Lipinski definition) is 0. The van der Waals surface area contributed by atoms with E-state index in [4.69, 9.17) is 14.2 Å². The molecule has 3 aromatic carbocycles. The van der Waals surface area contributed by atoms with E-state index in [1.165, 1.54) is 22.3 Å². The first kappa shape index (κ1) is 25.2. The normalized spacial score (nSPS) is 26.5. The minimum atomic E-state index is -0.449. The highest BCUT2D eigenvalue weighted by Gasteiger charge is 2.53. The molecule has 4 bridgehead atoms. The maximum Gasteiger partial charge on any atom is 0.163 e. The summed E-state index contributed by atoms with van der Waals surface area (Å²) in [4.78, 5) is 16.1. The second kappa shape index (κ2) is 9.67. The molecule has 8 rings (SSSR count). The number of ether oxygens (including phenoxy) is 3. The second-order valence-corrected chi connectivity index (χ2v) is 11.5. The van der Waals surface area contributed by atoms with Crippen LogP contribution in [0.3, 0.4) is 0 Å². The van der Waals surface area contributed by atoms with Gasteiger partial charge in [0.25, 0.3) is 0 Å². The van der Waals surface area contributed by atoms with Gasteiger partial charge in [-0.25, -0.2) is 0 Å². The third kappa shape index (κ3) is 3.75. The predicted octanol–water partition coefficient (Wildman–Crippen LogP) is 6.09. The third-order valence-electron chi connectivity index (χ3n) is 9.57. The van der Waals surface area contributed by atoms with Crippen LogP contribution in [-0.2, 0) is 16.6 Å². The molecule has 0 N–H and O–H groups in total. The topological polar surface area (TPSA) is 48.0 Å². The van der Waals surface area contributed by atoms with E-state index < -0.39 is 5.41 Å². The van der Waals surface area contributed by atoms with Gasteiger partial charge in [0.2, 0.25) is 0 Å². The van der Waals surface area contributed by atoms with Crippen molar-refractivity contribution in [3.8, 4) is 17.2 Å². The molecule has 3 heterocycles. The van der Waals surface area contributed by atoms with Gasteiger partial charge >= 0.3 is 0 Å². The molecule has 0 spiro atoms. The Hall–Kier alpha value is -3.83. The lowest BCUT2D eigenvalue weighted by atomic mass is 9.68. The van der Waals surface area contributed by atoms with Crippen molar-refractivity contribution >= 4 is 16.9 Å². The van der Waals surface area contributed by atoms with Gasteiger partial charge in [0.05, 0.1) is 26.7 Å². The zero-order valence-corrected chi connectivity index (χ0v) is 23.4. The van der Waals surface area contributed by atoms with Gasteiger partial charge in [-0.05, 0) is 96.0 Å². The zero-order valence-electron chi connectivity index (χ0n) is 23.4. The lowest BCUT2D eigenvalue weighted by Crippen LogP contribution is -2.52. The van der Waals surface area contributed by atoms with Crippen molar-refractivity contribution in [1.29, 1.82) is 0 Å². The highest BCUT2D eigenvalue weighted by molar-refractivity contribution is 6.22. The average Bonchev–Trinajstić information content (AvgIpc) is 3.34. The molecule has 5 aliphatic rings. The van der Waals surface area contributed by atoms with Crippen LogP contribution >= 0.6 is 0 Å². The van der Waals surface area contributed by atoms with E-state index in [2.05, 4.69) is 65.6 Å². The molecule has 0 saturated heterocycles. The van der Waals surface area contributed by atoms with Crippen LogP contribution < -0.4 is 14.2 Å². The molecule has 0 saturated carbocycles. The Kier molecular flexibility index (Phi) is 6.08. The van der Waals surface area contributed by atoms with E-state index >= 15 is 0 Å². The Morgan fingerprint density at radius 1 is 0.875 bits per heavy atom. The molecule has 2 aliphatic carbocycles. The van der Waals surface area contributed by atoms with Crippen molar-refractivity contribution in [2.24, 2.45) is 5.92 Å². The molecular formula is C35H35NO4. The lowest BCUT2D eigenvalue weighted by molar-refractivity contribution is -0.115. The fraction of sp³-hybridized carbons (Fsp3) is 0.343. The van der Waals surface area contributed by atoms with Crippen LogP contribution in [0.5, 0.6) is 17.2 Å². The van der Waals surface area contributed by atoms with Crippen LogP contribution in [0.15, 0.2) is 72.8 Å². The second-order valence-electron chi connectivity index (χ2n) is 11.5. The summed E-state index contributed by atoms with van der Waals surface area (Å²) >= 11 is 0. The predicted molar refractivity (Wildman–Crippen MR) is 157 cm³/mol. The quantitative estimate of drug-likeness (QED) is 0.406. The standard InChI is InChI=1S/C35H35NO4/c1-38-26-8-5-7-25(18-26)35-20-24-21-36(33(35)17-23-6-4-9-32(40-3)34(23)35)15-14-22-10-12-29(31(37)16-22)28-13-11-27(39-2)19-30(24)28/h4-9,11-13,18-20,22,33H,10,14-17,21H2,1-3H3/t22-,33-,35+/m0/s1. The summed E-state index contributed by atoms with van der Waals surface area (Å²) in [5, 5.41) is 0. The Labute approximate surface area is 236 Å². The molecule has 0 aromatic heterocycles. The number of hydrogen-bond acceptors (Lipinski definition) is 5. The van der Waals surface area contributed by atoms with E-state index in [0.29, 0.717) is 12.3 Å². The third-order valence-corrected chi connectivity index (χ3v) is 9.57. The average molecular weight is 534 g/mol. The molecule has 204 valence electrons. The number of rotatable bonds is 4. The number of carbonyl (C=O) groups excluding carboxylic acids is 1. The fourth-order valence-corrected chi connectivity index (χ4v) is 7.69. The van der Waals surface area contributed by atoms with Crippen molar-refractivity contribution in [1.82, 2.24) is 4.90 Å². The zero-order chi connectivity index (χ0) is 27.4. The Balaban J connectivity index is 1.56. The van der Waals surface area contributed by atoms with Gasteiger partial charge in [-0.2, -0.15) is 0 Å². The fourth-order valence-electron chi connectivity index (χ4n) is 7.69. The SMILES string of the molecule is COc1cccc([C@]23C=C4CN(CC[C@@H]5CC=C(C(=O)C5)c5ccc(OC)cc54)[C@H]2Cc2cccc(OC)c23)c1. The molecule has 5 nitrogen and oxygen atoms in total. The number of carbonyl (C=O) groups is 1. The largest absolute Gasteiger partial charge is 0.497 e. The summed E-state index contributed by atoms with van der Waals surface area (Å²) in [5.74, 6) is 3.17. The van der Waals surface area contributed by atoms with Crippen LogP contribution in [0.2, 0.25) is 0 Å². The van der Waals surface area contributed by atoms with Crippen LogP contribution in [0.4, 0.5) is 0 Å². The van der Waals surface area contributed by atoms with Crippen molar-refractivity contribution in [3.05, 3.63) is 101 Å². The monoisotopic (exact) mass is 533 g/mol. The molecule has 0 fully saturated rings. The molecule has 5 heteroatoms. The molecular weight excluding hydrogens is 498 g/mol. The smallest absolute Gasteiger partial charge is 0.163 e. The number of ketones is 1. The summed E-state index contributed by atoms with van der Waals surface area (Å²) in [6.45, 7) is 1.76. The van der Waals surface area contributed by atoms with Crippen LogP contribution in [0, 0.1) is 5.92 Å². The first-order valence-electron chi connectivity index (χ1n) is 14.2. The lowest BCUT2D eigenvalue weighted by Gasteiger charge is -2.46. The van der Waals surface area contributed by atoms with Gasteiger partial charge in [0.1, 0.15) is 17.2 Å². The highest BCUT2D eigenvalue weighted by atomic mass is 16.5. The van der Waals surface area contributed by atoms with Gasteiger partial charge in [-0.3, -0.25) is 9.69 Å². The van der Waals surface area contributed by atoms with Gasteiger partial charge in [0.15, 0.2) is 5.78 Å². The highest BCUT2D eigenvalue weighted by Crippen LogP contribution is 2.55. The van der Waals surface area contributed by atoms with Crippen LogP contribution in [-0.4, -0.2) is 51.1 Å². The van der Waals surface area contributed by atoms with Gasteiger partial charge in [-0.15, -0.1) is 0 Å². The van der Waals surface area contributed by atoms with E-state index in [-0.39, 0.29) is 11.8 Å². The number of methoxy groups -OCH3 is 3. The summed E-state index contributed by atoms with van der Waals surface area (Å²) in [6, 6.07) is 21.4. The molecule has 40 heavy (non-hydrogen) atoms.